The standard InChI is InChI=1S/C13H22N2S/c1-3-15(11-9-14-10-12-16-2)13-7-5-4-6-8-13/h4-8,14H,3,9-12H2,1-2H3. The molecule has 0 atom stereocenters. The second-order valence-electron chi connectivity index (χ2n) is 3.66. The normalized spacial score (nSPS) is 10.4. The van der Waals surface area contributed by atoms with E-state index in [1.165, 1.54) is 11.4 Å². The van der Waals surface area contributed by atoms with Crippen molar-refractivity contribution in [3.8, 4) is 0 Å². The number of nitrogens with zero attached hydrogens (tertiary/aromatic N) is 1. The molecule has 2 nitrogen and oxygen atoms in total. The van der Waals surface area contributed by atoms with Gasteiger partial charge in [0.25, 0.3) is 0 Å². The summed E-state index contributed by atoms with van der Waals surface area (Å²) in [5, 5.41) is 3.46. The number of nitrogens with one attached hydrogen (secondary N) is 1. The van der Waals surface area contributed by atoms with Crippen LogP contribution in [0.4, 0.5) is 5.69 Å². The summed E-state index contributed by atoms with van der Waals surface area (Å²) in [4.78, 5) is 2.39. The van der Waals surface area contributed by atoms with E-state index >= 15 is 0 Å². The average molecular weight is 238 g/mol. The molecule has 0 radical (unpaired) electrons. The molecule has 0 aliphatic rings. The lowest BCUT2D eigenvalue weighted by Gasteiger charge is -2.23. The summed E-state index contributed by atoms with van der Waals surface area (Å²) in [5.74, 6) is 1.19. The lowest BCUT2D eigenvalue weighted by Crippen LogP contribution is -2.32. The second kappa shape index (κ2) is 8.48. The predicted octanol–water partition coefficient (Wildman–Crippen LogP) is 2.47. The zero-order chi connectivity index (χ0) is 11.6. The van der Waals surface area contributed by atoms with Gasteiger partial charge in [-0.1, -0.05) is 18.2 Å². The first kappa shape index (κ1) is 13.4. The number of para-hydroxylation sites is 1. The Morgan fingerprint density at radius 2 is 1.94 bits per heavy atom. The van der Waals surface area contributed by atoms with Crippen molar-refractivity contribution < 1.29 is 0 Å². The SMILES string of the molecule is CCN(CCNCCSC)c1ccccc1. The smallest absolute Gasteiger partial charge is 0.0366 e. The number of hydrogen-bond acceptors (Lipinski definition) is 3. The van der Waals surface area contributed by atoms with E-state index < -0.39 is 0 Å². The summed E-state index contributed by atoms with van der Waals surface area (Å²) >= 11 is 1.89. The summed E-state index contributed by atoms with van der Waals surface area (Å²) in [7, 11) is 0. The van der Waals surface area contributed by atoms with Crippen LogP contribution < -0.4 is 10.2 Å². The van der Waals surface area contributed by atoms with Gasteiger partial charge in [-0.05, 0) is 25.3 Å². The van der Waals surface area contributed by atoms with E-state index in [1.54, 1.807) is 0 Å². The number of anilines is 1. The molecule has 0 bridgehead atoms. The number of likely N-dealkylation sites (N-methyl/N-ethyl adjacent to an activating group) is 1. The van der Waals surface area contributed by atoms with Crippen molar-refractivity contribution in [3.63, 3.8) is 0 Å². The minimum Gasteiger partial charge on any atom is -0.371 e. The highest BCUT2D eigenvalue weighted by Crippen LogP contribution is 2.11. The molecule has 0 saturated carbocycles. The van der Waals surface area contributed by atoms with Crippen LogP contribution in [-0.2, 0) is 0 Å². The van der Waals surface area contributed by atoms with Crippen LogP contribution in [0.2, 0.25) is 0 Å². The lowest BCUT2D eigenvalue weighted by molar-refractivity contribution is 0.692. The van der Waals surface area contributed by atoms with Crippen LogP contribution >= 0.6 is 11.8 Å². The molecule has 16 heavy (non-hydrogen) atoms. The van der Waals surface area contributed by atoms with E-state index in [0.29, 0.717) is 0 Å². The molecule has 3 heteroatoms. The molecule has 0 spiro atoms. The maximum absolute atomic E-state index is 3.46. The van der Waals surface area contributed by atoms with E-state index in [4.69, 9.17) is 0 Å². The van der Waals surface area contributed by atoms with Gasteiger partial charge < -0.3 is 10.2 Å². The van der Waals surface area contributed by atoms with Crippen LogP contribution in [0.1, 0.15) is 6.92 Å². The fourth-order valence-electron chi connectivity index (χ4n) is 1.62. The highest BCUT2D eigenvalue weighted by atomic mass is 32.2. The Morgan fingerprint density at radius 3 is 2.56 bits per heavy atom. The molecule has 0 amide bonds. The molecule has 0 fully saturated rings. The van der Waals surface area contributed by atoms with Gasteiger partial charge in [0, 0.05) is 37.6 Å². The fraction of sp³-hybridized carbons (Fsp3) is 0.538. The highest BCUT2D eigenvalue weighted by molar-refractivity contribution is 7.98. The van der Waals surface area contributed by atoms with Gasteiger partial charge in [0.15, 0.2) is 0 Å². The van der Waals surface area contributed by atoms with Crippen molar-refractivity contribution in [2.45, 2.75) is 6.92 Å². The van der Waals surface area contributed by atoms with Crippen LogP contribution in [0.25, 0.3) is 0 Å². The largest absolute Gasteiger partial charge is 0.371 e. The van der Waals surface area contributed by atoms with Crippen LogP contribution in [0.3, 0.4) is 0 Å². The Morgan fingerprint density at radius 1 is 1.19 bits per heavy atom. The topological polar surface area (TPSA) is 15.3 Å². The van der Waals surface area contributed by atoms with Gasteiger partial charge in [-0.25, -0.2) is 0 Å². The Bertz CT molecular complexity index is 264. The molecule has 0 aliphatic heterocycles. The summed E-state index contributed by atoms with van der Waals surface area (Å²) in [5.41, 5.74) is 1.32. The lowest BCUT2D eigenvalue weighted by atomic mass is 10.3. The number of thioether (sulfide) groups is 1. The number of rotatable bonds is 8. The van der Waals surface area contributed by atoms with Gasteiger partial charge in [-0.2, -0.15) is 11.8 Å². The molecule has 1 aromatic carbocycles. The molecular formula is C13H22N2S. The van der Waals surface area contributed by atoms with Crippen LogP contribution in [0.15, 0.2) is 30.3 Å². The zero-order valence-electron chi connectivity index (χ0n) is 10.3. The predicted molar refractivity (Wildman–Crippen MR) is 75.6 cm³/mol. The van der Waals surface area contributed by atoms with Crippen LogP contribution in [-0.4, -0.2) is 38.2 Å². The molecule has 0 heterocycles. The van der Waals surface area contributed by atoms with E-state index in [0.717, 1.165) is 26.2 Å². The molecule has 1 rings (SSSR count). The summed E-state index contributed by atoms with van der Waals surface area (Å²) in [6, 6.07) is 10.6. The van der Waals surface area contributed by atoms with Gasteiger partial charge in [0.05, 0.1) is 0 Å². The molecule has 0 saturated heterocycles. The summed E-state index contributed by atoms with van der Waals surface area (Å²) < 4.78 is 0. The van der Waals surface area contributed by atoms with E-state index in [9.17, 15) is 0 Å². The Kier molecular flexibility index (Phi) is 7.10. The van der Waals surface area contributed by atoms with Crippen LogP contribution in [0.5, 0.6) is 0 Å². The molecule has 0 unspecified atom stereocenters. The minimum atomic E-state index is 1.06. The summed E-state index contributed by atoms with van der Waals surface area (Å²) in [6.07, 6.45) is 2.14. The third-order valence-corrected chi connectivity index (χ3v) is 3.16. The van der Waals surface area contributed by atoms with Gasteiger partial charge >= 0.3 is 0 Å². The molecule has 0 aromatic heterocycles. The second-order valence-corrected chi connectivity index (χ2v) is 4.64. The molecule has 0 aliphatic carbocycles. The van der Waals surface area contributed by atoms with E-state index in [-0.39, 0.29) is 0 Å². The van der Waals surface area contributed by atoms with E-state index in [2.05, 4.69) is 53.7 Å². The van der Waals surface area contributed by atoms with Gasteiger partial charge in [-0.15, -0.1) is 0 Å². The number of hydrogen-bond donors (Lipinski definition) is 1. The summed E-state index contributed by atoms with van der Waals surface area (Å²) in [6.45, 7) is 6.51. The monoisotopic (exact) mass is 238 g/mol. The quantitative estimate of drug-likeness (QED) is 0.700. The fourth-order valence-corrected chi connectivity index (χ4v) is 1.97. The van der Waals surface area contributed by atoms with Crippen LogP contribution in [0, 0.1) is 0 Å². The molecule has 1 N–H and O–H groups in total. The Balaban J connectivity index is 2.27. The molecule has 1 aromatic rings. The number of benzene rings is 1. The third kappa shape index (κ3) is 4.90. The minimum absolute atomic E-state index is 1.06. The van der Waals surface area contributed by atoms with Gasteiger partial charge in [0.1, 0.15) is 0 Å². The zero-order valence-corrected chi connectivity index (χ0v) is 11.1. The third-order valence-electron chi connectivity index (χ3n) is 2.54. The van der Waals surface area contributed by atoms with Crippen molar-refractivity contribution in [3.05, 3.63) is 30.3 Å². The van der Waals surface area contributed by atoms with Crippen molar-refractivity contribution in [1.29, 1.82) is 0 Å². The molecular weight excluding hydrogens is 216 g/mol. The Hall–Kier alpha value is -0.670. The van der Waals surface area contributed by atoms with Crippen molar-refractivity contribution in [2.24, 2.45) is 0 Å². The van der Waals surface area contributed by atoms with Gasteiger partial charge in [-0.3, -0.25) is 0 Å². The average Bonchev–Trinajstić information content (AvgIpc) is 2.35. The first-order chi connectivity index (χ1) is 7.88. The highest BCUT2D eigenvalue weighted by Gasteiger charge is 2.01. The van der Waals surface area contributed by atoms with Gasteiger partial charge in [0.2, 0.25) is 0 Å². The van der Waals surface area contributed by atoms with Crippen molar-refractivity contribution >= 4 is 17.4 Å². The molecule has 90 valence electrons. The Labute approximate surface area is 103 Å². The van der Waals surface area contributed by atoms with Crippen molar-refractivity contribution in [1.82, 2.24) is 5.32 Å². The van der Waals surface area contributed by atoms with E-state index in [1.807, 2.05) is 11.8 Å². The van der Waals surface area contributed by atoms with Crippen molar-refractivity contribution in [2.75, 3.05) is 43.1 Å². The first-order valence-electron chi connectivity index (χ1n) is 5.88. The maximum atomic E-state index is 3.46. The maximum Gasteiger partial charge on any atom is 0.0366 e. The first-order valence-corrected chi connectivity index (χ1v) is 7.27.